The van der Waals surface area contributed by atoms with Crippen LogP contribution in [0.4, 0.5) is 10.5 Å². The monoisotopic (exact) mass is 472 g/mol. The van der Waals surface area contributed by atoms with Gasteiger partial charge in [0, 0.05) is 18.7 Å². The molecule has 3 aromatic carbocycles. The van der Waals surface area contributed by atoms with E-state index in [-0.39, 0.29) is 12.5 Å². The predicted octanol–water partition coefficient (Wildman–Crippen LogP) is 4.59. The normalized spacial score (nSPS) is 12.9. The summed E-state index contributed by atoms with van der Waals surface area (Å²) in [5.74, 6) is -1.87. The first kappa shape index (κ1) is 24.0. The van der Waals surface area contributed by atoms with Crippen molar-refractivity contribution in [3.8, 4) is 11.1 Å². The van der Waals surface area contributed by atoms with Gasteiger partial charge in [-0.1, -0.05) is 67.6 Å². The van der Waals surface area contributed by atoms with Crippen LogP contribution in [0.25, 0.3) is 11.1 Å². The number of aryl methyl sites for hydroxylation is 1. The number of nitrogens with zero attached hydrogens (tertiary/aromatic N) is 1. The van der Waals surface area contributed by atoms with Gasteiger partial charge in [0.25, 0.3) is 0 Å². The molecule has 1 aliphatic rings. The van der Waals surface area contributed by atoms with Crippen molar-refractivity contribution in [1.29, 1.82) is 0 Å². The Morgan fingerprint density at radius 1 is 0.943 bits per heavy atom. The van der Waals surface area contributed by atoms with Gasteiger partial charge in [-0.25, -0.2) is 4.79 Å². The standard InChI is InChI=1S/C28H28N2O5/c1-3-18-12-14-19(15-13-18)30(2)27(33)25(16-26(31)32)29-28(34)35-17-24-22-10-6-4-8-20(22)21-9-5-7-11-23(21)24/h4-15,24-25H,3,16-17H2,1-2H3,(H,29,34)(H,31,32). The van der Waals surface area contributed by atoms with Crippen LogP contribution in [0.3, 0.4) is 0 Å². The van der Waals surface area contributed by atoms with Gasteiger partial charge in [-0.15, -0.1) is 0 Å². The number of carboxylic acid groups (broad SMARTS) is 1. The van der Waals surface area contributed by atoms with Crippen LogP contribution in [0.1, 0.15) is 36.0 Å². The largest absolute Gasteiger partial charge is 0.481 e. The third-order valence-corrected chi connectivity index (χ3v) is 6.38. The summed E-state index contributed by atoms with van der Waals surface area (Å²) in [6, 6.07) is 22.1. The first-order chi connectivity index (χ1) is 16.9. The number of amides is 2. The minimum absolute atomic E-state index is 0.0716. The van der Waals surface area contributed by atoms with E-state index in [1.54, 1.807) is 19.2 Å². The Hall–Kier alpha value is -4.13. The van der Waals surface area contributed by atoms with E-state index in [0.717, 1.165) is 34.2 Å². The lowest BCUT2D eigenvalue weighted by Crippen LogP contribution is -2.48. The maximum Gasteiger partial charge on any atom is 0.407 e. The fraction of sp³-hybridized carbons (Fsp3) is 0.250. The molecule has 2 N–H and O–H groups in total. The van der Waals surface area contributed by atoms with Gasteiger partial charge in [0.1, 0.15) is 12.6 Å². The molecule has 7 heteroatoms. The third-order valence-electron chi connectivity index (χ3n) is 6.38. The molecule has 0 aromatic heterocycles. The summed E-state index contributed by atoms with van der Waals surface area (Å²) >= 11 is 0. The summed E-state index contributed by atoms with van der Waals surface area (Å²) in [6.45, 7) is 2.10. The number of benzene rings is 3. The molecule has 0 bridgehead atoms. The molecule has 4 rings (SSSR count). The highest BCUT2D eigenvalue weighted by molar-refractivity contribution is 6.00. The summed E-state index contributed by atoms with van der Waals surface area (Å²) in [7, 11) is 1.55. The van der Waals surface area contributed by atoms with E-state index in [1.165, 1.54) is 4.90 Å². The van der Waals surface area contributed by atoms with Gasteiger partial charge >= 0.3 is 12.1 Å². The van der Waals surface area contributed by atoms with Crippen LogP contribution in [0.5, 0.6) is 0 Å². The molecule has 7 nitrogen and oxygen atoms in total. The molecule has 0 radical (unpaired) electrons. The van der Waals surface area contributed by atoms with E-state index in [9.17, 15) is 19.5 Å². The van der Waals surface area contributed by atoms with Crippen molar-refractivity contribution >= 4 is 23.7 Å². The highest BCUT2D eigenvalue weighted by Crippen LogP contribution is 2.44. The number of carbonyl (C=O) groups is 3. The van der Waals surface area contributed by atoms with Crippen LogP contribution in [0, 0.1) is 0 Å². The van der Waals surface area contributed by atoms with Gasteiger partial charge in [0.15, 0.2) is 0 Å². The molecule has 180 valence electrons. The Bertz CT molecular complexity index is 1190. The van der Waals surface area contributed by atoms with Crippen molar-refractivity contribution in [2.75, 3.05) is 18.6 Å². The zero-order chi connectivity index (χ0) is 24.9. The minimum atomic E-state index is -1.26. The van der Waals surface area contributed by atoms with Crippen LogP contribution in [0.15, 0.2) is 72.8 Å². The quantitative estimate of drug-likeness (QED) is 0.500. The summed E-state index contributed by atoms with van der Waals surface area (Å²) < 4.78 is 5.50. The number of hydrogen-bond donors (Lipinski definition) is 2. The van der Waals surface area contributed by atoms with Gasteiger partial charge in [-0.2, -0.15) is 0 Å². The topological polar surface area (TPSA) is 95.9 Å². The number of aliphatic carboxylic acids is 1. The molecule has 35 heavy (non-hydrogen) atoms. The molecule has 0 fully saturated rings. The van der Waals surface area contributed by atoms with E-state index in [1.807, 2.05) is 67.6 Å². The van der Waals surface area contributed by atoms with Gasteiger partial charge in [0.05, 0.1) is 6.42 Å². The number of fused-ring (bicyclic) bond motifs is 3. The van der Waals surface area contributed by atoms with E-state index in [0.29, 0.717) is 5.69 Å². The van der Waals surface area contributed by atoms with Crippen molar-refractivity contribution in [2.45, 2.75) is 31.7 Å². The highest BCUT2D eigenvalue weighted by Gasteiger charge is 2.31. The number of alkyl carbamates (subject to hydrolysis) is 1. The average Bonchev–Trinajstić information content (AvgIpc) is 3.19. The molecular formula is C28H28N2O5. The molecule has 3 aromatic rings. The molecule has 1 atom stereocenters. The van der Waals surface area contributed by atoms with Crippen molar-refractivity contribution in [3.63, 3.8) is 0 Å². The number of hydrogen-bond acceptors (Lipinski definition) is 4. The Balaban J connectivity index is 1.44. The molecule has 0 aliphatic heterocycles. The average molecular weight is 473 g/mol. The van der Waals surface area contributed by atoms with Gasteiger partial charge in [-0.05, 0) is 46.4 Å². The lowest BCUT2D eigenvalue weighted by atomic mass is 9.98. The lowest BCUT2D eigenvalue weighted by molar-refractivity contribution is -0.139. The summed E-state index contributed by atoms with van der Waals surface area (Å²) in [4.78, 5) is 38.5. The Morgan fingerprint density at radius 2 is 1.51 bits per heavy atom. The van der Waals surface area contributed by atoms with Crippen molar-refractivity contribution in [3.05, 3.63) is 89.5 Å². The third kappa shape index (κ3) is 5.19. The first-order valence-electron chi connectivity index (χ1n) is 11.6. The van der Waals surface area contributed by atoms with E-state index < -0.39 is 30.4 Å². The van der Waals surface area contributed by atoms with Crippen LogP contribution in [0.2, 0.25) is 0 Å². The predicted molar refractivity (Wildman–Crippen MR) is 133 cm³/mol. The molecule has 0 heterocycles. The van der Waals surface area contributed by atoms with Gasteiger partial charge < -0.3 is 20.1 Å². The van der Waals surface area contributed by atoms with E-state index in [4.69, 9.17) is 4.74 Å². The fourth-order valence-electron chi connectivity index (χ4n) is 4.47. The smallest absolute Gasteiger partial charge is 0.407 e. The Morgan fingerprint density at radius 3 is 2.06 bits per heavy atom. The van der Waals surface area contributed by atoms with Crippen molar-refractivity contribution in [1.82, 2.24) is 5.32 Å². The number of carboxylic acids is 1. The van der Waals surface area contributed by atoms with E-state index in [2.05, 4.69) is 5.32 Å². The second-order valence-electron chi connectivity index (χ2n) is 8.54. The molecular weight excluding hydrogens is 444 g/mol. The van der Waals surface area contributed by atoms with Gasteiger partial charge in [-0.3, -0.25) is 9.59 Å². The van der Waals surface area contributed by atoms with Crippen LogP contribution >= 0.6 is 0 Å². The number of nitrogens with one attached hydrogen (secondary N) is 1. The van der Waals surface area contributed by atoms with Crippen LogP contribution in [-0.2, 0) is 20.7 Å². The van der Waals surface area contributed by atoms with Crippen molar-refractivity contribution in [2.24, 2.45) is 0 Å². The molecule has 0 spiro atoms. The molecule has 2 amide bonds. The van der Waals surface area contributed by atoms with E-state index >= 15 is 0 Å². The van der Waals surface area contributed by atoms with Crippen LogP contribution < -0.4 is 10.2 Å². The number of rotatable bonds is 8. The number of ether oxygens (including phenoxy) is 1. The highest BCUT2D eigenvalue weighted by atomic mass is 16.5. The second kappa shape index (κ2) is 10.4. The summed E-state index contributed by atoms with van der Waals surface area (Å²) in [5, 5.41) is 11.8. The summed E-state index contributed by atoms with van der Waals surface area (Å²) in [6.07, 6.45) is -0.523. The number of likely N-dealkylation sites (N-methyl/N-ethyl adjacent to an activating group) is 1. The second-order valence-corrected chi connectivity index (χ2v) is 8.54. The minimum Gasteiger partial charge on any atom is -0.481 e. The van der Waals surface area contributed by atoms with Crippen LogP contribution in [-0.4, -0.2) is 42.8 Å². The number of carbonyl (C=O) groups excluding carboxylic acids is 2. The molecule has 1 unspecified atom stereocenters. The lowest BCUT2D eigenvalue weighted by Gasteiger charge is -2.24. The zero-order valence-electron chi connectivity index (χ0n) is 19.7. The summed E-state index contributed by atoms with van der Waals surface area (Å²) in [5.41, 5.74) is 6.06. The molecule has 0 saturated carbocycles. The maximum absolute atomic E-state index is 13.0. The molecule has 1 aliphatic carbocycles. The maximum atomic E-state index is 13.0. The number of anilines is 1. The van der Waals surface area contributed by atoms with Gasteiger partial charge in [0.2, 0.25) is 5.91 Å². The Kier molecular flexibility index (Phi) is 7.15. The zero-order valence-corrected chi connectivity index (χ0v) is 19.7. The Labute approximate surface area is 204 Å². The fourth-order valence-corrected chi connectivity index (χ4v) is 4.47. The first-order valence-corrected chi connectivity index (χ1v) is 11.6. The SMILES string of the molecule is CCc1ccc(N(C)C(=O)C(CC(=O)O)NC(=O)OCC2c3ccccc3-c3ccccc32)cc1. The van der Waals surface area contributed by atoms with Crippen molar-refractivity contribution < 1.29 is 24.2 Å². The molecule has 0 saturated heterocycles.